The van der Waals surface area contributed by atoms with Gasteiger partial charge in [0.25, 0.3) is 0 Å². The molecule has 0 radical (unpaired) electrons. The first-order valence-electron chi connectivity index (χ1n) is 10.6. The summed E-state index contributed by atoms with van der Waals surface area (Å²) < 4.78 is 0. The van der Waals surface area contributed by atoms with E-state index >= 15 is 0 Å². The van der Waals surface area contributed by atoms with Gasteiger partial charge >= 0.3 is 0 Å². The van der Waals surface area contributed by atoms with Gasteiger partial charge in [0.1, 0.15) is 0 Å². The van der Waals surface area contributed by atoms with E-state index in [4.69, 9.17) is 0 Å². The maximum atomic E-state index is 4.28. The third-order valence-corrected chi connectivity index (χ3v) is 10.8. The van der Waals surface area contributed by atoms with Crippen LogP contribution in [0.25, 0.3) is 0 Å². The predicted octanol–water partition coefficient (Wildman–Crippen LogP) is 9.01. The van der Waals surface area contributed by atoms with Crippen molar-refractivity contribution in [1.82, 2.24) is 0 Å². The minimum atomic E-state index is -0.488. The second-order valence-corrected chi connectivity index (χ2v) is 14.5. The van der Waals surface area contributed by atoms with Gasteiger partial charge in [-0.05, 0) is 51.3 Å². The Hall–Kier alpha value is 0.830. The van der Waals surface area contributed by atoms with Gasteiger partial charge in [-0.15, -0.1) is 0 Å². The lowest BCUT2D eigenvalue weighted by molar-refractivity contribution is 0.648. The number of unbranched alkanes of at least 4 members (excludes halogenated alkanes) is 12. The second-order valence-electron chi connectivity index (χ2n) is 7.29. The van der Waals surface area contributed by atoms with Crippen LogP contribution in [-0.4, -0.2) is 17.3 Å². The van der Waals surface area contributed by atoms with E-state index in [1.807, 2.05) is 0 Å². The normalized spacial score (nSPS) is 12.7. The summed E-state index contributed by atoms with van der Waals surface area (Å²) in [5.41, 5.74) is 0. The summed E-state index contributed by atoms with van der Waals surface area (Å²) in [7, 11) is -0.488. The molecule has 0 heterocycles. The average Bonchev–Trinajstić information content (AvgIpc) is 2.54. The van der Waals surface area contributed by atoms with Crippen molar-refractivity contribution in [2.24, 2.45) is 0 Å². The molecule has 0 aliphatic heterocycles. The molecule has 0 aliphatic rings. The van der Waals surface area contributed by atoms with Gasteiger partial charge in [-0.2, -0.15) is 8.46 Å². The first-order chi connectivity index (χ1) is 11.2. The molecule has 0 aromatic rings. The van der Waals surface area contributed by atoms with Crippen molar-refractivity contribution in [2.75, 3.05) is 17.3 Å². The molecule has 142 valence electrons. The van der Waals surface area contributed by atoms with Gasteiger partial charge in [0.2, 0.25) is 0 Å². The number of hydrogen-bond acceptors (Lipinski definition) is 0. The molecule has 0 aromatic heterocycles. The Morgan fingerprint density at radius 1 is 0.435 bits per heavy atom. The van der Waals surface area contributed by atoms with Crippen LogP contribution in [0.2, 0.25) is 0 Å². The van der Waals surface area contributed by atoms with E-state index in [0.717, 1.165) is 0 Å². The summed E-state index contributed by atoms with van der Waals surface area (Å²) in [6.45, 7) is 6.94. The quantitative estimate of drug-likeness (QED) is 0.198. The lowest BCUT2D eigenvalue weighted by Crippen LogP contribution is -2.08. The molecular weight excluding hydrogens is 364 g/mol. The van der Waals surface area contributed by atoms with Crippen molar-refractivity contribution in [3.63, 3.8) is 0 Å². The third-order valence-electron chi connectivity index (χ3n) is 4.84. The lowest BCUT2D eigenvalue weighted by atomic mass is 10.2. The molecule has 0 N–H and O–H groups in total. The Kier molecular flexibility index (Phi) is 18.3. The maximum absolute atomic E-state index is 4.28. The molecule has 23 heavy (non-hydrogen) atoms. The first-order valence-corrected chi connectivity index (χ1v) is 14.6. The minimum absolute atomic E-state index is 0.488. The molecule has 0 bridgehead atoms. The molecule has 0 saturated carbocycles. The van der Waals surface area contributed by atoms with Crippen LogP contribution >= 0.6 is 23.3 Å². The van der Waals surface area contributed by atoms with Crippen molar-refractivity contribution >= 4 is 23.3 Å². The fourth-order valence-electron chi connectivity index (χ4n) is 3.20. The monoisotopic (exact) mass is 408 g/mol. The Morgan fingerprint density at radius 3 is 0.957 bits per heavy atom. The van der Waals surface area contributed by atoms with Crippen molar-refractivity contribution in [1.29, 1.82) is 0 Å². The summed E-state index contributed by atoms with van der Waals surface area (Å²) in [5.74, 6) is 4.45. The zero-order valence-electron chi connectivity index (χ0n) is 16.5. The van der Waals surface area contributed by atoms with E-state index in [-0.39, 0.29) is 0 Å². The Labute approximate surface area is 157 Å². The Morgan fingerprint density at radius 2 is 0.696 bits per heavy atom. The first kappa shape index (κ1) is 23.8. The van der Waals surface area contributed by atoms with Gasteiger partial charge in [0.15, 0.2) is 0 Å². The van der Waals surface area contributed by atoms with Crippen LogP contribution in [0.4, 0.5) is 0 Å². The molecule has 0 unspecified atom stereocenters. The van der Waals surface area contributed by atoms with Crippen molar-refractivity contribution in [3.05, 3.63) is 0 Å². The van der Waals surface area contributed by atoms with E-state index < -0.39 is 8.46 Å². The van der Waals surface area contributed by atoms with E-state index in [2.05, 4.69) is 35.6 Å². The van der Waals surface area contributed by atoms with Gasteiger partial charge in [-0.3, -0.25) is 0 Å². The molecule has 0 aliphatic carbocycles. The maximum Gasteiger partial charge on any atom is -0.0136 e. The average molecular weight is 410 g/mol. The SMILES string of the molecule is CCCCCCCS(Br)(CCCCCCC)CCCCCCC. The highest BCUT2D eigenvalue weighted by Crippen LogP contribution is 2.57. The standard InChI is InChI=1S/C21H45BrS/c1-4-7-10-13-16-19-23(22,20-17-14-11-8-5-2)21-18-15-12-9-6-3/h4-21H2,1-3H3. The summed E-state index contributed by atoms with van der Waals surface area (Å²) in [6.07, 6.45) is 21.5. The Bertz CT molecular complexity index is 194. The number of hydrogen-bond donors (Lipinski definition) is 0. The lowest BCUT2D eigenvalue weighted by Gasteiger charge is -2.34. The second kappa shape index (κ2) is 17.6. The molecule has 2 heteroatoms. The van der Waals surface area contributed by atoms with Crippen molar-refractivity contribution in [3.8, 4) is 0 Å². The zero-order valence-corrected chi connectivity index (χ0v) is 18.9. The van der Waals surface area contributed by atoms with Gasteiger partial charge in [-0.25, -0.2) is 0 Å². The molecule has 0 atom stereocenters. The van der Waals surface area contributed by atoms with Crippen LogP contribution in [0.1, 0.15) is 117 Å². The number of rotatable bonds is 18. The molecule has 0 aromatic carbocycles. The molecule has 0 spiro atoms. The van der Waals surface area contributed by atoms with Crippen LogP contribution in [0.5, 0.6) is 0 Å². The topological polar surface area (TPSA) is 0 Å². The van der Waals surface area contributed by atoms with E-state index in [9.17, 15) is 0 Å². The van der Waals surface area contributed by atoms with Crippen LogP contribution in [0.3, 0.4) is 0 Å². The highest BCUT2D eigenvalue weighted by Gasteiger charge is 2.19. The third kappa shape index (κ3) is 16.1. The smallest absolute Gasteiger partial charge is 0.0136 e. The molecule has 0 saturated heterocycles. The van der Waals surface area contributed by atoms with Crippen LogP contribution in [0.15, 0.2) is 0 Å². The van der Waals surface area contributed by atoms with E-state index in [0.29, 0.717) is 0 Å². The molecule has 0 rings (SSSR count). The van der Waals surface area contributed by atoms with Gasteiger partial charge in [0, 0.05) is 0 Å². The van der Waals surface area contributed by atoms with Crippen molar-refractivity contribution in [2.45, 2.75) is 117 Å². The highest BCUT2D eigenvalue weighted by atomic mass is 79.9. The highest BCUT2D eigenvalue weighted by molar-refractivity contribution is 9.58. The number of halogens is 1. The molecular formula is C21H45BrS. The molecule has 0 fully saturated rings. The Balaban J connectivity index is 4.00. The van der Waals surface area contributed by atoms with Crippen LogP contribution in [-0.2, 0) is 0 Å². The largest absolute Gasteiger partial charge is 0.183 e. The van der Waals surface area contributed by atoms with Gasteiger partial charge in [0.05, 0.1) is 0 Å². The zero-order chi connectivity index (χ0) is 17.2. The van der Waals surface area contributed by atoms with Gasteiger partial charge in [-0.1, -0.05) is 97.8 Å². The summed E-state index contributed by atoms with van der Waals surface area (Å²) >= 11 is 4.28. The predicted molar refractivity (Wildman–Crippen MR) is 117 cm³/mol. The van der Waals surface area contributed by atoms with Crippen molar-refractivity contribution < 1.29 is 0 Å². The fraction of sp³-hybridized carbons (Fsp3) is 1.00. The molecule has 0 nitrogen and oxygen atoms in total. The summed E-state index contributed by atoms with van der Waals surface area (Å²) in [4.78, 5) is 0. The van der Waals surface area contributed by atoms with Gasteiger partial charge < -0.3 is 0 Å². The van der Waals surface area contributed by atoms with E-state index in [1.165, 1.54) is 114 Å². The van der Waals surface area contributed by atoms with Crippen LogP contribution in [0, 0.1) is 0 Å². The summed E-state index contributed by atoms with van der Waals surface area (Å²) in [5, 5.41) is 0. The summed E-state index contributed by atoms with van der Waals surface area (Å²) in [6, 6.07) is 0. The van der Waals surface area contributed by atoms with E-state index in [1.54, 1.807) is 0 Å². The van der Waals surface area contributed by atoms with Crippen LogP contribution < -0.4 is 0 Å². The fourth-order valence-corrected chi connectivity index (χ4v) is 8.04. The molecule has 0 amide bonds. The minimum Gasteiger partial charge on any atom is -0.183 e.